The van der Waals surface area contributed by atoms with Crippen LogP contribution in [0.5, 0.6) is 5.75 Å². The molecule has 3 aliphatic rings. The van der Waals surface area contributed by atoms with Gasteiger partial charge in [0.25, 0.3) is 5.56 Å². The Morgan fingerprint density at radius 2 is 1.82 bits per heavy atom. The summed E-state index contributed by atoms with van der Waals surface area (Å²) in [6.45, 7) is 8.56. The molecule has 2 bridgehead atoms. The van der Waals surface area contributed by atoms with Crippen molar-refractivity contribution in [3.63, 3.8) is 0 Å². The number of nitrogens with one attached hydrogen (secondary N) is 1. The Bertz CT molecular complexity index is 760. The van der Waals surface area contributed by atoms with Crippen LogP contribution >= 0.6 is 0 Å². The van der Waals surface area contributed by atoms with Crippen LogP contribution in [0.25, 0.3) is 0 Å². The van der Waals surface area contributed by atoms with Crippen molar-refractivity contribution in [2.45, 2.75) is 89.8 Å². The van der Waals surface area contributed by atoms with E-state index in [-0.39, 0.29) is 35.0 Å². The van der Waals surface area contributed by atoms with Gasteiger partial charge in [-0.3, -0.25) is 9.59 Å². The van der Waals surface area contributed by atoms with Crippen molar-refractivity contribution in [3.8, 4) is 5.75 Å². The van der Waals surface area contributed by atoms with Crippen molar-refractivity contribution in [2.24, 2.45) is 11.7 Å². The van der Waals surface area contributed by atoms with Crippen LogP contribution in [0.4, 0.5) is 0 Å². The van der Waals surface area contributed by atoms with Crippen molar-refractivity contribution in [3.05, 3.63) is 22.1 Å². The predicted octanol–water partition coefficient (Wildman–Crippen LogP) is 2.32. The standard InChI is InChI=1S/C21H34N4O3/c1-14(2)13-28-16-11-18(27)25(24-19(16)15(3)4)12-17(26)23-21-8-5-20(22,6-9-21)7-10-21/h11,14-15H,5-10,12-13,22H2,1-4H3,(H,23,26). The molecule has 0 aliphatic heterocycles. The van der Waals surface area contributed by atoms with Gasteiger partial charge in [-0.25, -0.2) is 4.68 Å². The second-order valence-electron chi connectivity index (χ2n) is 9.44. The zero-order valence-electron chi connectivity index (χ0n) is 17.6. The Labute approximate surface area is 167 Å². The molecule has 0 aromatic carbocycles. The number of aromatic nitrogens is 2. The number of hydrogen-bond acceptors (Lipinski definition) is 5. The average molecular weight is 391 g/mol. The first-order chi connectivity index (χ1) is 13.1. The highest BCUT2D eigenvalue weighted by Gasteiger charge is 2.47. The highest BCUT2D eigenvalue weighted by atomic mass is 16.5. The maximum absolute atomic E-state index is 12.7. The van der Waals surface area contributed by atoms with Gasteiger partial charge >= 0.3 is 0 Å². The minimum absolute atomic E-state index is 0.0387. The van der Waals surface area contributed by atoms with Gasteiger partial charge in [0.05, 0.1) is 6.61 Å². The Balaban J connectivity index is 1.72. The van der Waals surface area contributed by atoms with E-state index in [0.717, 1.165) is 38.5 Å². The summed E-state index contributed by atoms with van der Waals surface area (Å²) in [7, 11) is 0. The number of amides is 1. The summed E-state index contributed by atoms with van der Waals surface area (Å²) in [6.07, 6.45) is 5.59. The van der Waals surface area contributed by atoms with Gasteiger partial charge in [0.1, 0.15) is 18.0 Å². The Kier molecular flexibility index (Phi) is 5.84. The highest BCUT2D eigenvalue weighted by Crippen LogP contribution is 2.45. The van der Waals surface area contributed by atoms with Crippen molar-refractivity contribution in [1.29, 1.82) is 0 Å². The summed E-state index contributed by atoms with van der Waals surface area (Å²) in [6, 6.07) is 1.46. The quantitative estimate of drug-likeness (QED) is 0.744. The molecular formula is C21H34N4O3. The van der Waals surface area contributed by atoms with E-state index in [1.165, 1.54) is 10.7 Å². The third-order valence-corrected chi connectivity index (χ3v) is 6.11. The summed E-state index contributed by atoms with van der Waals surface area (Å²) in [4.78, 5) is 25.2. The zero-order valence-corrected chi connectivity index (χ0v) is 17.6. The number of hydrogen-bond donors (Lipinski definition) is 2. The maximum Gasteiger partial charge on any atom is 0.270 e. The van der Waals surface area contributed by atoms with E-state index >= 15 is 0 Å². The monoisotopic (exact) mass is 390 g/mol. The minimum atomic E-state index is -0.316. The number of fused-ring (bicyclic) bond motifs is 3. The largest absolute Gasteiger partial charge is 0.491 e. The summed E-state index contributed by atoms with van der Waals surface area (Å²) in [5.74, 6) is 0.796. The first-order valence-corrected chi connectivity index (χ1v) is 10.5. The van der Waals surface area contributed by atoms with Gasteiger partial charge in [0, 0.05) is 23.1 Å². The molecule has 156 valence electrons. The molecule has 28 heavy (non-hydrogen) atoms. The van der Waals surface area contributed by atoms with Gasteiger partial charge in [0.15, 0.2) is 0 Å². The number of carbonyl (C=O) groups excluding carboxylic acids is 1. The van der Waals surface area contributed by atoms with Gasteiger partial charge in [-0.2, -0.15) is 5.10 Å². The molecule has 7 nitrogen and oxygen atoms in total. The number of ether oxygens (including phenoxy) is 1. The zero-order chi connectivity index (χ0) is 20.5. The van der Waals surface area contributed by atoms with Crippen molar-refractivity contribution >= 4 is 5.91 Å². The average Bonchev–Trinajstić information content (AvgIpc) is 2.63. The SMILES string of the molecule is CC(C)COc1cc(=O)n(CC(=O)NC23CCC(N)(CC2)CC3)nc1C(C)C. The lowest BCUT2D eigenvalue weighted by Crippen LogP contribution is -2.62. The van der Waals surface area contributed by atoms with Gasteiger partial charge < -0.3 is 15.8 Å². The highest BCUT2D eigenvalue weighted by molar-refractivity contribution is 5.76. The molecule has 0 spiro atoms. The van der Waals surface area contributed by atoms with Crippen LogP contribution in [0, 0.1) is 5.92 Å². The Morgan fingerprint density at radius 1 is 1.21 bits per heavy atom. The normalized spacial score (nSPS) is 26.7. The van der Waals surface area contributed by atoms with E-state index in [1.54, 1.807) is 0 Å². The van der Waals surface area contributed by atoms with Crippen LogP contribution in [0.3, 0.4) is 0 Å². The third-order valence-electron chi connectivity index (χ3n) is 6.11. The predicted molar refractivity (Wildman–Crippen MR) is 108 cm³/mol. The number of nitrogens with zero attached hydrogens (tertiary/aromatic N) is 2. The van der Waals surface area contributed by atoms with Crippen LogP contribution < -0.4 is 21.3 Å². The van der Waals surface area contributed by atoms with Crippen molar-refractivity contribution in [1.82, 2.24) is 15.1 Å². The van der Waals surface area contributed by atoms with Crippen molar-refractivity contribution in [2.75, 3.05) is 6.61 Å². The molecule has 0 unspecified atom stereocenters. The molecule has 1 amide bonds. The van der Waals surface area contributed by atoms with E-state index in [9.17, 15) is 9.59 Å². The van der Waals surface area contributed by atoms with Crippen LogP contribution in [0.1, 0.15) is 77.8 Å². The molecule has 3 aliphatic carbocycles. The lowest BCUT2D eigenvalue weighted by atomic mass is 9.62. The Hall–Kier alpha value is -1.89. The molecule has 0 saturated heterocycles. The van der Waals surface area contributed by atoms with Crippen molar-refractivity contribution < 1.29 is 9.53 Å². The molecule has 4 rings (SSSR count). The van der Waals surface area contributed by atoms with E-state index in [0.29, 0.717) is 24.0 Å². The first-order valence-electron chi connectivity index (χ1n) is 10.5. The molecule has 3 N–H and O–H groups in total. The fourth-order valence-electron chi connectivity index (χ4n) is 4.25. The summed E-state index contributed by atoms with van der Waals surface area (Å²) in [5.41, 5.74) is 6.54. The first kappa shape index (κ1) is 20.8. The van der Waals surface area contributed by atoms with Crippen LogP contribution in [0.2, 0.25) is 0 Å². The van der Waals surface area contributed by atoms with E-state index < -0.39 is 0 Å². The smallest absolute Gasteiger partial charge is 0.270 e. The molecule has 0 atom stereocenters. The minimum Gasteiger partial charge on any atom is -0.491 e. The van der Waals surface area contributed by atoms with Gasteiger partial charge in [-0.15, -0.1) is 0 Å². The fraction of sp³-hybridized carbons (Fsp3) is 0.762. The lowest BCUT2D eigenvalue weighted by Gasteiger charge is -2.52. The summed E-state index contributed by atoms with van der Waals surface area (Å²) >= 11 is 0. The van der Waals surface area contributed by atoms with E-state index in [4.69, 9.17) is 10.5 Å². The molecular weight excluding hydrogens is 356 g/mol. The second-order valence-corrected chi connectivity index (χ2v) is 9.44. The molecule has 1 aromatic rings. The molecule has 1 aromatic heterocycles. The topological polar surface area (TPSA) is 99.2 Å². The summed E-state index contributed by atoms with van der Waals surface area (Å²) < 4.78 is 7.03. The lowest BCUT2D eigenvalue weighted by molar-refractivity contribution is -0.125. The number of nitrogens with two attached hydrogens (primary N) is 1. The molecule has 1 heterocycles. The van der Waals surface area contributed by atoms with Gasteiger partial charge in [-0.1, -0.05) is 27.7 Å². The number of carbonyl (C=O) groups is 1. The van der Waals surface area contributed by atoms with Crippen LogP contribution in [-0.4, -0.2) is 33.4 Å². The van der Waals surface area contributed by atoms with Crippen LogP contribution in [0.15, 0.2) is 10.9 Å². The molecule has 3 saturated carbocycles. The fourth-order valence-corrected chi connectivity index (χ4v) is 4.25. The molecule has 7 heteroatoms. The van der Waals surface area contributed by atoms with Crippen LogP contribution in [-0.2, 0) is 11.3 Å². The van der Waals surface area contributed by atoms with Gasteiger partial charge in [0.2, 0.25) is 5.91 Å². The molecule has 0 radical (unpaired) electrons. The maximum atomic E-state index is 12.7. The van der Waals surface area contributed by atoms with Gasteiger partial charge in [-0.05, 0) is 44.4 Å². The Morgan fingerprint density at radius 3 is 2.36 bits per heavy atom. The molecule has 3 fully saturated rings. The van der Waals surface area contributed by atoms with E-state index in [2.05, 4.69) is 24.3 Å². The number of rotatable bonds is 7. The summed E-state index contributed by atoms with van der Waals surface area (Å²) in [5, 5.41) is 7.64. The van der Waals surface area contributed by atoms with E-state index in [1.807, 2.05) is 13.8 Å². The third kappa shape index (κ3) is 4.57. The second kappa shape index (κ2) is 7.85.